The molecule has 2 aromatic rings. The molecule has 4 rings (SSSR count). The molecule has 19 heteroatoms. The van der Waals surface area contributed by atoms with Gasteiger partial charge in [-0.3, -0.25) is 14.5 Å². The third-order valence-corrected chi connectivity index (χ3v) is 10.6. The van der Waals surface area contributed by atoms with Crippen molar-refractivity contribution in [2.45, 2.75) is 21.4 Å². The van der Waals surface area contributed by atoms with Crippen LogP contribution in [-0.4, -0.2) is 103 Å². The van der Waals surface area contributed by atoms with Crippen LogP contribution in [0.4, 0.5) is 5.13 Å². The maximum absolute atomic E-state index is 13.0. The number of hydrogen-bond donors (Lipinski definition) is 6. The Morgan fingerprint density at radius 3 is 2.85 bits per heavy atom. The van der Waals surface area contributed by atoms with E-state index in [0.717, 1.165) is 46.6 Å². The van der Waals surface area contributed by atoms with Crippen molar-refractivity contribution in [1.29, 1.82) is 0 Å². The van der Waals surface area contributed by atoms with Crippen molar-refractivity contribution < 1.29 is 24.7 Å². The second-order valence-electron chi connectivity index (χ2n) is 7.97. The fourth-order valence-corrected chi connectivity index (χ4v) is 8.53. The largest absolute Gasteiger partial charge is 0.477 e. The summed E-state index contributed by atoms with van der Waals surface area (Å²) in [5, 5.41) is 36.4. The van der Waals surface area contributed by atoms with Crippen LogP contribution in [0.25, 0.3) is 0 Å². The van der Waals surface area contributed by atoms with E-state index in [9.17, 15) is 24.7 Å². The first-order valence-electron chi connectivity index (χ1n) is 11.4. The number of anilines is 1. The number of nitrogen functional groups attached to an aromatic ring is 1. The summed E-state index contributed by atoms with van der Waals surface area (Å²) in [4.78, 5) is 43.5. The van der Waals surface area contributed by atoms with Gasteiger partial charge in [0.2, 0.25) is 0 Å². The molecule has 39 heavy (non-hydrogen) atoms. The van der Waals surface area contributed by atoms with Crippen LogP contribution in [0.3, 0.4) is 0 Å². The number of nitrogens with two attached hydrogens (primary N) is 1. The van der Waals surface area contributed by atoms with Gasteiger partial charge in [0, 0.05) is 47.2 Å². The first kappa shape index (κ1) is 29.6. The highest BCUT2D eigenvalue weighted by Gasteiger charge is 2.54. The monoisotopic (exact) mass is 631 g/mol. The average Bonchev–Trinajstić information content (AvgIpc) is 3.55. The number of carbonyl (C=O) groups is 3. The van der Waals surface area contributed by atoms with E-state index < -0.39 is 34.9 Å². The van der Waals surface area contributed by atoms with Crippen LogP contribution in [0.5, 0.6) is 0 Å². The SMILES string of the molecule is CNCCNCCSCc1nnsc1SC1=C(C(=O)O)N2C(=O)[C@@H](NC(=O)/C(=N\O)c3csc(N)n3)[C@@H]2SC1. The van der Waals surface area contributed by atoms with E-state index in [1.165, 1.54) is 45.3 Å². The van der Waals surface area contributed by atoms with Crippen LogP contribution in [-0.2, 0) is 20.1 Å². The van der Waals surface area contributed by atoms with E-state index in [1.54, 1.807) is 11.8 Å². The molecular formula is C20H25N9O5S5. The Balaban J connectivity index is 1.39. The lowest BCUT2D eigenvalue weighted by Crippen LogP contribution is -2.71. The molecule has 2 aliphatic heterocycles. The van der Waals surface area contributed by atoms with Crippen LogP contribution in [0.15, 0.2) is 25.3 Å². The normalized spacial score (nSPS) is 19.2. The fraction of sp³-hybridized carbons (Fsp3) is 0.450. The quantitative estimate of drug-likeness (QED) is 0.0545. The molecule has 0 bridgehead atoms. The molecule has 14 nitrogen and oxygen atoms in total. The standard InChI is InChI=1S/C20H25N9O5S5/c1-22-2-3-23-4-5-35-6-10-19(39-28-26-10)38-11-8-36-17-13(16(31)29(17)14(11)18(32)33)25-15(30)12(27-34)9-7-37-20(21)24-9/h7,13,17,22-23,34H,2-6,8H2,1H3,(H2,21,24)(H,25,30)(H,32,33)/b27-12-/t13-,17+/m1/s1. The van der Waals surface area contributed by atoms with Gasteiger partial charge in [0.05, 0.1) is 5.69 Å². The first-order valence-corrected chi connectivity index (χ1v) is 16.1. The van der Waals surface area contributed by atoms with Gasteiger partial charge in [0.15, 0.2) is 10.8 Å². The molecule has 0 saturated carbocycles. The number of rotatable bonds is 14. The predicted molar refractivity (Wildman–Crippen MR) is 153 cm³/mol. The molecule has 0 aliphatic carbocycles. The van der Waals surface area contributed by atoms with Gasteiger partial charge in [0.25, 0.3) is 11.8 Å². The number of thiazole rings is 1. The second kappa shape index (κ2) is 13.8. The zero-order chi connectivity index (χ0) is 27.9. The topological polar surface area (TPSA) is 208 Å². The summed E-state index contributed by atoms with van der Waals surface area (Å²) in [6.07, 6.45) is 0. The van der Waals surface area contributed by atoms with Gasteiger partial charge >= 0.3 is 5.97 Å². The number of likely N-dealkylation sites (N-methyl/N-ethyl adjacent to an activating group) is 1. The molecule has 7 N–H and O–H groups in total. The average molecular weight is 632 g/mol. The summed E-state index contributed by atoms with van der Waals surface area (Å²) < 4.78 is 4.82. The minimum absolute atomic E-state index is 0.0689. The summed E-state index contributed by atoms with van der Waals surface area (Å²) in [5.41, 5.74) is 5.91. The van der Waals surface area contributed by atoms with Crippen molar-refractivity contribution >= 4 is 86.8 Å². The predicted octanol–water partition coefficient (Wildman–Crippen LogP) is 0.286. The number of amides is 2. The Bertz CT molecular complexity index is 1280. The zero-order valence-corrected chi connectivity index (χ0v) is 24.5. The summed E-state index contributed by atoms with van der Waals surface area (Å²) in [7, 11) is 1.90. The second-order valence-corrected chi connectivity index (χ2v) is 13.2. The number of β-lactam (4-membered cyclic amide) rings is 1. The van der Waals surface area contributed by atoms with Gasteiger partial charge in [-0.1, -0.05) is 21.4 Å². The first-order chi connectivity index (χ1) is 18.8. The number of carboxylic acids is 1. The van der Waals surface area contributed by atoms with E-state index in [2.05, 4.69) is 35.7 Å². The van der Waals surface area contributed by atoms with E-state index in [4.69, 9.17) is 5.73 Å². The van der Waals surface area contributed by atoms with Crippen molar-refractivity contribution in [2.24, 2.45) is 5.16 Å². The number of carboxylic acid groups (broad SMARTS) is 1. The lowest BCUT2D eigenvalue weighted by atomic mass is 10.0. The minimum atomic E-state index is -1.24. The highest BCUT2D eigenvalue weighted by Crippen LogP contribution is 2.46. The van der Waals surface area contributed by atoms with Gasteiger partial charge in [0.1, 0.15) is 27.0 Å². The summed E-state index contributed by atoms with van der Waals surface area (Å²) in [6.45, 7) is 2.64. The van der Waals surface area contributed by atoms with E-state index in [1.807, 2.05) is 7.05 Å². The number of fused-ring (bicyclic) bond motifs is 1. The maximum atomic E-state index is 13.0. The van der Waals surface area contributed by atoms with Crippen LogP contribution >= 0.6 is 58.2 Å². The van der Waals surface area contributed by atoms with E-state index >= 15 is 0 Å². The van der Waals surface area contributed by atoms with E-state index in [0.29, 0.717) is 16.4 Å². The minimum Gasteiger partial charge on any atom is -0.477 e. The Hall–Kier alpha value is -2.42. The van der Waals surface area contributed by atoms with Crippen LogP contribution < -0.4 is 21.7 Å². The highest BCUT2D eigenvalue weighted by atomic mass is 32.2. The number of nitrogens with zero attached hydrogens (tertiary/aromatic N) is 5. The van der Waals surface area contributed by atoms with Gasteiger partial charge in [-0.2, -0.15) is 11.8 Å². The lowest BCUT2D eigenvalue weighted by molar-refractivity contribution is -0.150. The molecular weight excluding hydrogens is 607 g/mol. The molecule has 4 heterocycles. The Morgan fingerprint density at radius 1 is 1.33 bits per heavy atom. The molecule has 210 valence electrons. The molecule has 2 aromatic heterocycles. The lowest BCUT2D eigenvalue weighted by Gasteiger charge is -2.49. The van der Waals surface area contributed by atoms with Crippen molar-refractivity contribution in [3.05, 3.63) is 27.4 Å². The summed E-state index contributed by atoms with van der Waals surface area (Å²) >= 11 is 6.54. The molecule has 0 spiro atoms. The Morgan fingerprint density at radius 2 is 2.15 bits per heavy atom. The van der Waals surface area contributed by atoms with Gasteiger partial charge < -0.3 is 32.0 Å². The van der Waals surface area contributed by atoms with Crippen LogP contribution in [0.2, 0.25) is 0 Å². The van der Waals surface area contributed by atoms with Gasteiger partial charge in [-0.15, -0.1) is 28.2 Å². The number of thioether (sulfide) groups is 3. The number of aliphatic carboxylic acids is 1. The molecule has 2 amide bonds. The third-order valence-electron chi connectivity index (χ3n) is 5.45. The molecule has 1 saturated heterocycles. The molecule has 2 atom stereocenters. The van der Waals surface area contributed by atoms with Crippen molar-refractivity contribution in [1.82, 2.24) is 35.4 Å². The molecule has 0 aromatic carbocycles. The van der Waals surface area contributed by atoms with E-state index in [-0.39, 0.29) is 16.5 Å². The number of aromatic nitrogens is 3. The molecule has 0 radical (unpaired) electrons. The maximum Gasteiger partial charge on any atom is 0.353 e. The van der Waals surface area contributed by atoms with Crippen molar-refractivity contribution in [3.8, 4) is 0 Å². The summed E-state index contributed by atoms with van der Waals surface area (Å²) in [6, 6.07) is -0.991. The van der Waals surface area contributed by atoms with Crippen LogP contribution in [0.1, 0.15) is 11.4 Å². The highest BCUT2D eigenvalue weighted by molar-refractivity contribution is 8.07. The fourth-order valence-electron chi connectivity index (χ4n) is 3.62. The smallest absolute Gasteiger partial charge is 0.353 e. The zero-order valence-electron chi connectivity index (χ0n) is 20.4. The number of oxime groups is 1. The van der Waals surface area contributed by atoms with Gasteiger partial charge in [-0.05, 0) is 18.6 Å². The molecule has 2 aliphatic rings. The molecule has 0 unspecified atom stereocenters. The number of carbonyl (C=O) groups excluding carboxylic acids is 2. The van der Waals surface area contributed by atoms with Gasteiger partial charge in [-0.25, -0.2) is 9.78 Å². The number of nitrogens with one attached hydrogen (secondary N) is 3. The Labute approximate surface area is 243 Å². The third kappa shape index (κ3) is 6.84. The number of hydrogen-bond acceptors (Lipinski definition) is 16. The summed E-state index contributed by atoms with van der Waals surface area (Å²) in [5.74, 6) is -0.796. The Kier molecular flexibility index (Phi) is 10.4. The van der Waals surface area contributed by atoms with Crippen molar-refractivity contribution in [2.75, 3.05) is 43.9 Å². The molecule has 1 fully saturated rings. The van der Waals surface area contributed by atoms with Crippen molar-refractivity contribution in [3.63, 3.8) is 0 Å². The van der Waals surface area contributed by atoms with Crippen LogP contribution in [0, 0.1) is 0 Å².